The minimum atomic E-state index is -1.90. The van der Waals surface area contributed by atoms with Crippen molar-refractivity contribution >= 4 is 104 Å². The lowest BCUT2D eigenvalue weighted by Gasteiger charge is -2.48. The van der Waals surface area contributed by atoms with Gasteiger partial charge in [0, 0.05) is 11.8 Å². The Kier molecular flexibility index (Phi) is 4.40. The number of Topliss-reactive ketones (excluding diaryl/α,β-unsaturated/α-hetero) is 2. The first-order chi connectivity index (χ1) is 14.4. The molecule has 0 aromatic carbocycles. The van der Waals surface area contributed by atoms with Gasteiger partial charge < -0.3 is 9.47 Å². The third-order valence-electron chi connectivity index (χ3n) is 7.70. The predicted octanol–water partition coefficient (Wildman–Crippen LogP) is 5.25. The van der Waals surface area contributed by atoms with Gasteiger partial charge in [0.1, 0.15) is 30.3 Å². The summed E-state index contributed by atoms with van der Waals surface area (Å²) in [5, 5.41) is -0.549. The molecule has 6 aliphatic carbocycles. The first kappa shape index (κ1) is 22.3. The monoisotopic (exact) mass is 582 g/mol. The van der Waals surface area contributed by atoms with Crippen LogP contribution >= 0.6 is 92.8 Å². The molecule has 12 heteroatoms. The molecule has 31 heavy (non-hydrogen) atoms. The van der Waals surface area contributed by atoms with E-state index in [2.05, 4.69) is 0 Å². The first-order valence-electron chi connectivity index (χ1n) is 9.30. The molecule has 3 fully saturated rings. The van der Waals surface area contributed by atoms with E-state index in [9.17, 15) is 9.59 Å². The molecule has 8 atom stereocenters. The summed E-state index contributed by atoms with van der Waals surface area (Å²) in [5.41, 5.74) is 0. The van der Waals surface area contributed by atoms with Crippen LogP contribution in [-0.2, 0) is 19.1 Å². The van der Waals surface area contributed by atoms with Crippen LogP contribution in [0.25, 0.3) is 0 Å². The van der Waals surface area contributed by atoms with E-state index < -0.39 is 60.5 Å². The fraction of sp³-hybridized carbons (Fsp3) is 0.579. The number of halogens is 8. The molecule has 1 saturated heterocycles. The van der Waals surface area contributed by atoms with E-state index in [1.54, 1.807) is 12.2 Å². The number of allylic oxidation sites excluding steroid dienone is 4. The van der Waals surface area contributed by atoms with Crippen LogP contribution in [0.2, 0.25) is 0 Å². The van der Waals surface area contributed by atoms with Gasteiger partial charge in [0.25, 0.3) is 0 Å². The summed E-state index contributed by atoms with van der Waals surface area (Å²) in [6.45, 7) is 0.330. The van der Waals surface area contributed by atoms with Crippen LogP contribution in [0.5, 0.6) is 0 Å². The molecule has 2 saturated carbocycles. The topological polar surface area (TPSA) is 52.6 Å². The number of carbonyl (C=O) groups excluding carboxylic acids is 2. The molecule has 0 unspecified atom stereocenters. The highest BCUT2D eigenvalue weighted by Gasteiger charge is 2.91. The number of alkyl halides is 4. The van der Waals surface area contributed by atoms with Crippen molar-refractivity contribution in [2.75, 3.05) is 13.2 Å². The van der Waals surface area contributed by atoms with E-state index >= 15 is 0 Å². The van der Waals surface area contributed by atoms with Gasteiger partial charge in [-0.25, -0.2) is 0 Å². The van der Waals surface area contributed by atoms with Crippen molar-refractivity contribution in [2.24, 2.45) is 23.7 Å². The van der Waals surface area contributed by atoms with Crippen molar-refractivity contribution in [3.05, 3.63) is 32.3 Å². The minimum absolute atomic E-state index is 0.0171. The van der Waals surface area contributed by atoms with E-state index in [0.717, 1.165) is 0 Å². The number of carbonyl (C=O) groups is 2. The summed E-state index contributed by atoms with van der Waals surface area (Å²) in [6.07, 6.45) is 3.22. The fourth-order valence-corrected chi connectivity index (χ4v) is 10.5. The molecule has 1 spiro atoms. The Morgan fingerprint density at radius 2 is 1.35 bits per heavy atom. The van der Waals surface area contributed by atoms with Gasteiger partial charge in [-0.3, -0.25) is 9.59 Å². The summed E-state index contributed by atoms with van der Waals surface area (Å²) in [5.74, 6) is -6.93. The number of hydrogen-bond acceptors (Lipinski definition) is 4. The summed E-state index contributed by atoms with van der Waals surface area (Å²) in [6, 6.07) is 0. The number of ketones is 2. The lowest BCUT2D eigenvalue weighted by Crippen LogP contribution is -2.62. The molecular formula is C19H10Cl8O4. The van der Waals surface area contributed by atoms with E-state index in [0.29, 0.717) is 0 Å². The van der Waals surface area contributed by atoms with Crippen LogP contribution < -0.4 is 0 Å². The highest BCUT2D eigenvalue weighted by atomic mass is 35.5. The highest BCUT2D eigenvalue weighted by Crippen LogP contribution is 2.80. The molecule has 1 aliphatic heterocycles. The van der Waals surface area contributed by atoms with E-state index in [1.807, 2.05) is 0 Å². The largest absolute Gasteiger partial charge is 0.344 e. The first-order valence-corrected chi connectivity index (χ1v) is 12.3. The molecule has 1 heterocycles. The van der Waals surface area contributed by atoms with Gasteiger partial charge in [-0.15, -0.1) is 46.4 Å². The molecule has 0 aromatic heterocycles. The van der Waals surface area contributed by atoms with Gasteiger partial charge >= 0.3 is 0 Å². The molecule has 7 aliphatic rings. The summed E-state index contributed by atoms with van der Waals surface area (Å²) in [7, 11) is 0. The Morgan fingerprint density at radius 3 is 1.97 bits per heavy atom. The molecule has 0 radical (unpaired) electrons. The lowest BCUT2D eigenvalue weighted by molar-refractivity contribution is -0.175. The Balaban J connectivity index is 1.69. The van der Waals surface area contributed by atoms with Gasteiger partial charge in [0.05, 0.1) is 40.1 Å². The minimum Gasteiger partial charge on any atom is -0.344 e. The second-order valence-electron chi connectivity index (χ2n) is 8.54. The second kappa shape index (κ2) is 6.13. The quantitative estimate of drug-likeness (QED) is 0.288. The van der Waals surface area contributed by atoms with Crippen LogP contribution in [-0.4, -0.2) is 50.1 Å². The Morgan fingerprint density at radius 1 is 0.774 bits per heavy atom. The second-order valence-corrected chi connectivity index (χ2v) is 12.4. The molecule has 0 N–H and O–H groups in total. The van der Waals surface area contributed by atoms with Crippen molar-refractivity contribution in [3.8, 4) is 0 Å². The third-order valence-corrected chi connectivity index (χ3v) is 12.9. The summed E-state index contributed by atoms with van der Waals surface area (Å²) >= 11 is 54.3. The average molecular weight is 586 g/mol. The highest BCUT2D eigenvalue weighted by molar-refractivity contribution is 6.63. The van der Waals surface area contributed by atoms with E-state index in [1.165, 1.54) is 0 Å². The van der Waals surface area contributed by atoms with Gasteiger partial charge in [-0.1, -0.05) is 58.6 Å². The standard InChI is InChI=1S/C19H10Cl8O4/c20-9-11(21)15(24)6-2-1-5(16(15,25)14(9)29)7-8(10(6)28)18(27)13(23)12(22)17(7,26)19(18)30-3-4-31-19/h1-2,5-8H,3-4H2/t5-,6+,7+,8-,15-,16-,17+,18+/m0/s1. The average Bonchev–Trinajstić information content (AvgIpc) is 3.32. The SMILES string of the molecule is O=C1[C@H]2C=C[C@@H]([C@@H]3[C@@H]1[C@@]1(Cl)C(Cl)=C(Cl)[C@@]3(Cl)C13OCCO3)[C@]1(Cl)C(=O)C(Cl)=C(Cl)[C@@]21Cl. The Bertz CT molecular complexity index is 1090. The van der Waals surface area contributed by atoms with Gasteiger partial charge in [-0.05, 0) is 0 Å². The van der Waals surface area contributed by atoms with E-state index in [4.69, 9.17) is 102 Å². The maximum atomic E-state index is 14.1. The number of ether oxygens (including phenoxy) is 2. The molecule has 0 aromatic rings. The molecule has 166 valence electrons. The lowest BCUT2D eigenvalue weighted by atomic mass is 9.66. The zero-order chi connectivity index (χ0) is 22.5. The van der Waals surface area contributed by atoms with Crippen LogP contribution in [0.15, 0.2) is 32.3 Å². The normalized spacial score (nSPS) is 53.8. The molecule has 4 bridgehead atoms. The van der Waals surface area contributed by atoms with Crippen molar-refractivity contribution in [1.29, 1.82) is 0 Å². The summed E-state index contributed by atoms with van der Waals surface area (Å²) in [4.78, 5) is 20.2. The Hall–Kier alpha value is 0.800. The van der Waals surface area contributed by atoms with Crippen LogP contribution in [0.3, 0.4) is 0 Å². The van der Waals surface area contributed by atoms with Crippen LogP contribution in [0.4, 0.5) is 0 Å². The molecular weight excluding hydrogens is 576 g/mol. The molecule has 7 rings (SSSR count). The van der Waals surface area contributed by atoms with Crippen molar-refractivity contribution < 1.29 is 19.1 Å². The Labute approximate surface area is 216 Å². The number of hydrogen-bond donors (Lipinski definition) is 0. The van der Waals surface area contributed by atoms with Gasteiger partial charge in [0.15, 0.2) is 5.78 Å². The molecule has 4 nitrogen and oxygen atoms in total. The van der Waals surface area contributed by atoms with E-state index in [-0.39, 0.29) is 33.3 Å². The summed E-state index contributed by atoms with van der Waals surface area (Å²) < 4.78 is 11.9. The van der Waals surface area contributed by atoms with Crippen LogP contribution in [0, 0.1) is 23.7 Å². The van der Waals surface area contributed by atoms with Crippen molar-refractivity contribution in [3.63, 3.8) is 0 Å². The van der Waals surface area contributed by atoms with Crippen LogP contribution in [0.1, 0.15) is 0 Å². The van der Waals surface area contributed by atoms with Crippen molar-refractivity contribution in [1.82, 2.24) is 0 Å². The number of rotatable bonds is 0. The fourth-order valence-electron chi connectivity index (χ4n) is 6.57. The maximum absolute atomic E-state index is 14.1. The smallest absolute Gasteiger partial charge is 0.218 e. The zero-order valence-corrected chi connectivity index (χ0v) is 21.1. The zero-order valence-electron chi connectivity index (χ0n) is 15.0. The van der Waals surface area contributed by atoms with Gasteiger partial charge in [-0.2, -0.15) is 0 Å². The predicted molar refractivity (Wildman–Crippen MR) is 120 cm³/mol. The molecule has 0 amide bonds. The van der Waals surface area contributed by atoms with Crippen molar-refractivity contribution in [2.45, 2.75) is 25.3 Å². The van der Waals surface area contributed by atoms with Gasteiger partial charge in [0.2, 0.25) is 5.79 Å². The third kappa shape index (κ3) is 1.84. The maximum Gasteiger partial charge on any atom is 0.218 e.